The van der Waals surface area contributed by atoms with E-state index in [1.807, 2.05) is 11.8 Å². The van der Waals surface area contributed by atoms with Gasteiger partial charge in [-0.1, -0.05) is 12.8 Å². The summed E-state index contributed by atoms with van der Waals surface area (Å²) >= 11 is 1.88. The van der Waals surface area contributed by atoms with Crippen LogP contribution < -0.4 is 5.32 Å². The topological polar surface area (TPSA) is 75.1 Å². The number of nitrogens with one attached hydrogen (secondary N) is 1. The number of aromatic carboxylic acids is 1. The van der Waals surface area contributed by atoms with Gasteiger partial charge in [0.05, 0.1) is 0 Å². The van der Waals surface area contributed by atoms with E-state index in [4.69, 9.17) is 5.11 Å². The maximum atomic E-state index is 10.6. The molecular formula is C12H19N3O2S. The largest absolute Gasteiger partial charge is 0.476 e. The maximum Gasteiger partial charge on any atom is 0.356 e. The van der Waals surface area contributed by atoms with E-state index in [0.29, 0.717) is 5.82 Å². The van der Waals surface area contributed by atoms with Crippen molar-refractivity contribution in [2.45, 2.75) is 25.7 Å². The Balaban J connectivity index is 2.14. The van der Waals surface area contributed by atoms with Gasteiger partial charge in [-0.05, 0) is 37.0 Å². The number of hydrogen-bond donors (Lipinski definition) is 2. The predicted octanol–water partition coefficient (Wildman–Crippen LogP) is 2.51. The third-order valence-corrected chi connectivity index (χ3v) is 3.16. The minimum absolute atomic E-state index is 0.0300. The molecule has 0 radical (unpaired) electrons. The van der Waals surface area contributed by atoms with Gasteiger partial charge in [-0.25, -0.2) is 4.79 Å². The highest BCUT2D eigenvalue weighted by molar-refractivity contribution is 7.98. The number of unbranched alkanes of at least 4 members (excludes halogenated alkanes) is 3. The number of carboxylic acids is 1. The van der Waals surface area contributed by atoms with Crippen LogP contribution in [0.3, 0.4) is 0 Å². The number of anilines is 1. The van der Waals surface area contributed by atoms with E-state index in [2.05, 4.69) is 21.8 Å². The number of hydrogen-bond acceptors (Lipinski definition) is 5. The SMILES string of the molecule is CSCCCCCCNc1ccc(C(=O)O)nn1. The minimum Gasteiger partial charge on any atom is -0.476 e. The predicted molar refractivity (Wildman–Crippen MR) is 74.3 cm³/mol. The van der Waals surface area contributed by atoms with E-state index >= 15 is 0 Å². The number of carbonyl (C=O) groups is 1. The van der Waals surface area contributed by atoms with E-state index in [9.17, 15) is 4.79 Å². The summed E-state index contributed by atoms with van der Waals surface area (Å²) in [6.45, 7) is 0.848. The minimum atomic E-state index is -1.05. The summed E-state index contributed by atoms with van der Waals surface area (Å²) in [4.78, 5) is 10.6. The van der Waals surface area contributed by atoms with Crippen molar-refractivity contribution in [3.05, 3.63) is 17.8 Å². The van der Waals surface area contributed by atoms with Crippen LogP contribution in [0.15, 0.2) is 12.1 Å². The molecule has 0 unspecified atom stereocenters. The van der Waals surface area contributed by atoms with Gasteiger partial charge in [0.15, 0.2) is 5.69 Å². The summed E-state index contributed by atoms with van der Waals surface area (Å²) < 4.78 is 0. The first-order valence-corrected chi connectivity index (χ1v) is 7.43. The number of carboxylic acid groups (broad SMARTS) is 1. The fourth-order valence-electron chi connectivity index (χ4n) is 1.48. The molecular weight excluding hydrogens is 250 g/mol. The molecule has 100 valence electrons. The first kappa shape index (κ1) is 14.8. The Labute approximate surface area is 111 Å². The summed E-state index contributed by atoms with van der Waals surface area (Å²) in [5.41, 5.74) is -0.0300. The van der Waals surface area contributed by atoms with Crippen LogP contribution in [0.25, 0.3) is 0 Å². The second-order valence-electron chi connectivity index (χ2n) is 3.94. The summed E-state index contributed by atoms with van der Waals surface area (Å²) in [5, 5.41) is 19.2. The van der Waals surface area contributed by atoms with Gasteiger partial charge in [-0.2, -0.15) is 11.8 Å². The van der Waals surface area contributed by atoms with Crippen LogP contribution in [0.5, 0.6) is 0 Å². The lowest BCUT2D eigenvalue weighted by Crippen LogP contribution is -2.07. The van der Waals surface area contributed by atoms with Gasteiger partial charge in [0.25, 0.3) is 0 Å². The fraction of sp³-hybridized carbons (Fsp3) is 0.583. The van der Waals surface area contributed by atoms with Crippen LogP contribution in [-0.2, 0) is 0 Å². The molecule has 0 aliphatic carbocycles. The van der Waals surface area contributed by atoms with Crippen LogP contribution in [-0.4, -0.2) is 39.8 Å². The molecule has 0 spiro atoms. The third-order valence-electron chi connectivity index (χ3n) is 2.47. The molecule has 0 aromatic carbocycles. The first-order chi connectivity index (χ1) is 8.74. The lowest BCUT2D eigenvalue weighted by molar-refractivity contribution is 0.0689. The quantitative estimate of drug-likeness (QED) is 0.671. The van der Waals surface area contributed by atoms with Gasteiger partial charge in [-0.15, -0.1) is 10.2 Å². The summed E-state index contributed by atoms with van der Waals surface area (Å²) in [7, 11) is 0. The zero-order chi connectivity index (χ0) is 13.2. The Bertz CT molecular complexity index is 357. The van der Waals surface area contributed by atoms with E-state index in [1.165, 1.54) is 31.1 Å². The molecule has 6 heteroatoms. The number of rotatable bonds is 9. The highest BCUT2D eigenvalue weighted by Crippen LogP contribution is 2.06. The van der Waals surface area contributed by atoms with Crippen LogP contribution in [0.1, 0.15) is 36.2 Å². The van der Waals surface area contributed by atoms with Crippen molar-refractivity contribution in [3.8, 4) is 0 Å². The van der Waals surface area contributed by atoms with Gasteiger partial charge in [0.2, 0.25) is 0 Å². The van der Waals surface area contributed by atoms with Gasteiger partial charge in [0.1, 0.15) is 5.82 Å². The number of thioether (sulfide) groups is 1. The monoisotopic (exact) mass is 269 g/mol. The number of aromatic nitrogens is 2. The average Bonchev–Trinajstić information content (AvgIpc) is 2.38. The van der Waals surface area contributed by atoms with Crippen molar-refractivity contribution in [1.82, 2.24) is 10.2 Å². The first-order valence-electron chi connectivity index (χ1n) is 6.04. The van der Waals surface area contributed by atoms with E-state index < -0.39 is 5.97 Å². The molecule has 0 amide bonds. The molecule has 0 saturated carbocycles. The van der Waals surface area contributed by atoms with Crippen LogP contribution in [0.2, 0.25) is 0 Å². The van der Waals surface area contributed by atoms with E-state index in [1.54, 1.807) is 6.07 Å². The molecule has 2 N–H and O–H groups in total. The van der Waals surface area contributed by atoms with Crippen molar-refractivity contribution in [2.75, 3.05) is 23.9 Å². The van der Waals surface area contributed by atoms with Gasteiger partial charge < -0.3 is 10.4 Å². The molecule has 0 bridgehead atoms. The second-order valence-corrected chi connectivity index (χ2v) is 4.93. The fourth-order valence-corrected chi connectivity index (χ4v) is 1.97. The Hall–Kier alpha value is -1.30. The van der Waals surface area contributed by atoms with Crippen molar-refractivity contribution in [1.29, 1.82) is 0 Å². The maximum absolute atomic E-state index is 10.6. The molecule has 5 nitrogen and oxygen atoms in total. The van der Waals surface area contributed by atoms with Crippen LogP contribution >= 0.6 is 11.8 Å². The molecule has 1 aromatic heterocycles. The highest BCUT2D eigenvalue weighted by atomic mass is 32.2. The Morgan fingerprint density at radius 2 is 2.06 bits per heavy atom. The zero-order valence-electron chi connectivity index (χ0n) is 10.6. The van der Waals surface area contributed by atoms with Crippen molar-refractivity contribution < 1.29 is 9.90 Å². The Morgan fingerprint density at radius 1 is 1.28 bits per heavy atom. The summed E-state index contributed by atoms with van der Waals surface area (Å²) in [5.74, 6) is 0.808. The summed E-state index contributed by atoms with van der Waals surface area (Å²) in [6, 6.07) is 3.10. The Kier molecular flexibility index (Phi) is 7.17. The molecule has 0 aliphatic rings. The zero-order valence-corrected chi connectivity index (χ0v) is 11.4. The van der Waals surface area contributed by atoms with Crippen molar-refractivity contribution in [3.63, 3.8) is 0 Å². The second kappa shape index (κ2) is 8.74. The molecule has 1 rings (SSSR count). The molecule has 18 heavy (non-hydrogen) atoms. The third kappa shape index (κ3) is 5.86. The lowest BCUT2D eigenvalue weighted by Gasteiger charge is -2.04. The number of nitrogens with zero attached hydrogens (tertiary/aromatic N) is 2. The van der Waals surface area contributed by atoms with Gasteiger partial charge >= 0.3 is 5.97 Å². The molecule has 0 fully saturated rings. The standard InChI is InChI=1S/C12H19N3O2S/c1-18-9-5-3-2-4-8-13-11-7-6-10(12(16)17)14-15-11/h6-7H,2-5,8-9H2,1H3,(H,13,15)(H,16,17). The molecule has 1 aromatic rings. The van der Waals surface area contributed by atoms with Gasteiger partial charge in [0, 0.05) is 6.54 Å². The average molecular weight is 269 g/mol. The normalized spacial score (nSPS) is 10.3. The van der Waals surface area contributed by atoms with Crippen molar-refractivity contribution in [2.24, 2.45) is 0 Å². The molecule has 0 aliphatic heterocycles. The van der Waals surface area contributed by atoms with Crippen LogP contribution in [0, 0.1) is 0 Å². The molecule has 1 heterocycles. The summed E-state index contributed by atoms with van der Waals surface area (Å²) in [6.07, 6.45) is 6.95. The highest BCUT2D eigenvalue weighted by Gasteiger charge is 2.04. The molecule has 0 saturated heterocycles. The Morgan fingerprint density at radius 3 is 2.67 bits per heavy atom. The van der Waals surface area contributed by atoms with E-state index in [-0.39, 0.29) is 5.69 Å². The van der Waals surface area contributed by atoms with E-state index in [0.717, 1.165) is 13.0 Å². The lowest BCUT2D eigenvalue weighted by atomic mass is 10.2. The molecule has 0 atom stereocenters. The van der Waals surface area contributed by atoms with Crippen LogP contribution in [0.4, 0.5) is 5.82 Å². The van der Waals surface area contributed by atoms with Crippen molar-refractivity contribution >= 4 is 23.5 Å². The smallest absolute Gasteiger partial charge is 0.356 e. The van der Waals surface area contributed by atoms with Gasteiger partial charge in [-0.3, -0.25) is 0 Å².